The van der Waals surface area contributed by atoms with Crippen molar-refractivity contribution in [1.29, 1.82) is 0 Å². The first-order valence-electron chi connectivity index (χ1n) is 9.45. The monoisotopic (exact) mass is 356 g/mol. The molecule has 2 aliphatic rings. The number of aliphatic hydroxyl groups excluding tert-OH is 1. The normalized spacial score (nSPS) is 31.7. The lowest BCUT2D eigenvalue weighted by atomic mass is 9.66. The first-order chi connectivity index (χ1) is 12.3. The summed E-state index contributed by atoms with van der Waals surface area (Å²) in [4.78, 5) is 22.9. The van der Waals surface area contributed by atoms with Gasteiger partial charge in [-0.25, -0.2) is 4.98 Å². The maximum absolute atomic E-state index is 12.9. The molecule has 4 rings (SSSR count). The molecule has 2 heterocycles. The van der Waals surface area contributed by atoms with Gasteiger partial charge in [-0.1, -0.05) is 19.9 Å². The second-order valence-corrected chi connectivity index (χ2v) is 8.55. The quantitative estimate of drug-likeness (QED) is 0.786. The Morgan fingerprint density at radius 1 is 1.42 bits per heavy atom. The van der Waals surface area contributed by atoms with E-state index < -0.39 is 6.10 Å². The minimum atomic E-state index is -0.492. The number of hydrogen-bond acceptors (Lipinski definition) is 4. The predicted molar refractivity (Wildman–Crippen MR) is 101 cm³/mol. The number of H-pyrrole nitrogens is 1. The Balaban J connectivity index is 1.53. The van der Waals surface area contributed by atoms with Crippen molar-refractivity contribution in [3.8, 4) is 0 Å². The Bertz CT molecular complexity index is 841. The number of benzene rings is 1. The highest BCUT2D eigenvalue weighted by molar-refractivity contribution is 6.05. The van der Waals surface area contributed by atoms with Crippen molar-refractivity contribution in [3.05, 3.63) is 29.6 Å². The molecule has 1 aliphatic carbocycles. The maximum Gasteiger partial charge on any atom is 0.253 e. The molecule has 1 aromatic heterocycles. The van der Waals surface area contributed by atoms with Crippen molar-refractivity contribution in [1.82, 2.24) is 20.2 Å². The Morgan fingerprint density at radius 2 is 2.19 bits per heavy atom. The number of hydrogen-bond donors (Lipinski definition) is 3. The van der Waals surface area contributed by atoms with E-state index in [0.29, 0.717) is 23.0 Å². The summed E-state index contributed by atoms with van der Waals surface area (Å²) in [6.07, 6.45) is 1.11. The molecule has 2 aromatic rings. The largest absolute Gasteiger partial charge is 0.391 e. The van der Waals surface area contributed by atoms with Crippen LogP contribution in [0.15, 0.2) is 18.2 Å². The van der Waals surface area contributed by atoms with Crippen molar-refractivity contribution in [2.24, 2.45) is 11.3 Å². The van der Waals surface area contributed by atoms with E-state index in [1.54, 1.807) is 6.07 Å². The van der Waals surface area contributed by atoms with Gasteiger partial charge < -0.3 is 20.3 Å². The van der Waals surface area contributed by atoms with Crippen LogP contribution in [0.5, 0.6) is 0 Å². The van der Waals surface area contributed by atoms with Crippen molar-refractivity contribution >= 4 is 16.9 Å². The molecule has 26 heavy (non-hydrogen) atoms. The lowest BCUT2D eigenvalue weighted by Gasteiger charge is -2.57. The molecular formula is C20H28N4O2. The summed E-state index contributed by atoms with van der Waals surface area (Å²) in [5.74, 6) is 1.17. The highest BCUT2D eigenvalue weighted by Crippen LogP contribution is 2.52. The number of aliphatic hydroxyl groups is 1. The van der Waals surface area contributed by atoms with Crippen LogP contribution in [-0.2, 0) is 0 Å². The lowest BCUT2D eigenvalue weighted by molar-refractivity contribution is -0.0827. The molecule has 2 unspecified atom stereocenters. The summed E-state index contributed by atoms with van der Waals surface area (Å²) >= 11 is 0. The van der Waals surface area contributed by atoms with Gasteiger partial charge in [-0.3, -0.25) is 4.79 Å². The third-order valence-corrected chi connectivity index (χ3v) is 6.20. The average molecular weight is 356 g/mol. The molecule has 1 saturated carbocycles. The van der Waals surface area contributed by atoms with Crippen LogP contribution in [-0.4, -0.2) is 57.7 Å². The molecule has 0 radical (unpaired) electrons. The Hall–Kier alpha value is -1.92. The third kappa shape index (κ3) is 2.63. The molecule has 140 valence electrons. The first kappa shape index (κ1) is 17.5. The van der Waals surface area contributed by atoms with E-state index >= 15 is 0 Å². The first-order valence-corrected chi connectivity index (χ1v) is 9.45. The summed E-state index contributed by atoms with van der Waals surface area (Å²) in [5.41, 5.74) is 2.23. The number of aromatic nitrogens is 2. The van der Waals surface area contributed by atoms with Gasteiger partial charge in [-0.15, -0.1) is 0 Å². The number of aromatic amines is 1. The van der Waals surface area contributed by atoms with Gasteiger partial charge in [-0.05, 0) is 44.9 Å². The van der Waals surface area contributed by atoms with Gasteiger partial charge in [0.05, 0.1) is 23.2 Å². The Kier molecular flexibility index (Phi) is 4.08. The van der Waals surface area contributed by atoms with Gasteiger partial charge in [0, 0.05) is 18.0 Å². The molecule has 6 nitrogen and oxygen atoms in total. The van der Waals surface area contributed by atoms with Gasteiger partial charge in [0.25, 0.3) is 5.91 Å². The standard InChI is InChI=1S/C20H28N4O2/c1-11(2)18-20(10-24(18)4)8-15(16(25)9-20)23-19(26)13-6-5-7-14-17(13)22-12(3)21-14/h5-7,11,15-16,18,25H,8-10H2,1-4H3,(H,21,22)(H,23,26)/t15-,16-,18?,20?/m1/s1. The average Bonchev–Trinajstić information content (AvgIpc) is 3.06. The highest BCUT2D eigenvalue weighted by atomic mass is 16.3. The molecular weight excluding hydrogens is 328 g/mol. The fourth-order valence-electron chi connectivity index (χ4n) is 5.58. The molecule has 1 aliphatic heterocycles. The van der Waals surface area contributed by atoms with E-state index in [4.69, 9.17) is 0 Å². The van der Waals surface area contributed by atoms with Gasteiger partial charge in [-0.2, -0.15) is 0 Å². The zero-order chi connectivity index (χ0) is 18.6. The minimum absolute atomic E-state index is 0.120. The summed E-state index contributed by atoms with van der Waals surface area (Å²) in [7, 11) is 2.15. The summed E-state index contributed by atoms with van der Waals surface area (Å²) in [6.45, 7) is 7.35. The third-order valence-electron chi connectivity index (χ3n) is 6.20. The van der Waals surface area contributed by atoms with Crippen LogP contribution < -0.4 is 5.32 Å². The van der Waals surface area contributed by atoms with E-state index in [0.717, 1.165) is 30.7 Å². The molecule has 3 N–H and O–H groups in total. The maximum atomic E-state index is 12.9. The van der Waals surface area contributed by atoms with E-state index in [-0.39, 0.29) is 17.4 Å². The number of nitrogens with one attached hydrogen (secondary N) is 2. The number of rotatable bonds is 3. The molecule has 2 fully saturated rings. The number of carbonyl (C=O) groups is 1. The van der Waals surface area contributed by atoms with E-state index in [9.17, 15) is 9.90 Å². The number of likely N-dealkylation sites (tertiary alicyclic amines) is 1. The van der Waals surface area contributed by atoms with Crippen molar-refractivity contribution in [2.75, 3.05) is 13.6 Å². The van der Waals surface area contributed by atoms with Crippen LogP contribution in [0.1, 0.15) is 42.9 Å². The van der Waals surface area contributed by atoms with Gasteiger partial charge >= 0.3 is 0 Å². The molecule has 1 saturated heterocycles. The van der Waals surface area contributed by atoms with Crippen LogP contribution >= 0.6 is 0 Å². The molecule has 0 bridgehead atoms. The van der Waals surface area contributed by atoms with Crippen molar-refractivity contribution < 1.29 is 9.90 Å². The van der Waals surface area contributed by atoms with Crippen LogP contribution in [0.2, 0.25) is 0 Å². The summed E-state index contributed by atoms with van der Waals surface area (Å²) in [6, 6.07) is 5.84. The zero-order valence-electron chi connectivity index (χ0n) is 15.9. The predicted octanol–water partition coefficient (Wildman–Crippen LogP) is 2.08. The fourth-order valence-corrected chi connectivity index (χ4v) is 5.58. The highest BCUT2D eigenvalue weighted by Gasteiger charge is 2.58. The summed E-state index contributed by atoms with van der Waals surface area (Å²) < 4.78 is 0. The number of amides is 1. The lowest BCUT2D eigenvalue weighted by Crippen LogP contribution is -2.64. The van der Waals surface area contributed by atoms with Crippen LogP contribution in [0, 0.1) is 18.3 Å². The van der Waals surface area contributed by atoms with E-state index in [2.05, 4.69) is 41.1 Å². The second kappa shape index (κ2) is 6.06. The smallest absolute Gasteiger partial charge is 0.253 e. The topological polar surface area (TPSA) is 81.2 Å². The Labute approximate surface area is 154 Å². The number of para-hydroxylation sites is 1. The van der Waals surface area contributed by atoms with Gasteiger partial charge in [0.1, 0.15) is 11.3 Å². The minimum Gasteiger partial charge on any atom is -0.391 e. The molecule has 4 atom stereocenters. The molecule has 1 amide bonds. The van der Waals surface area contributed by atoms with Gasteiger partial charge in [0.15, 0.2) is 0 Å². The SMILES string of the molecule is Cc1nc2c(C(=O)N[C@@H]3CC4(C[C@H]3O)CN(C)C4C(C)C)cccc2[nH]1. The Morgan fingerprint density at radius 3 is 2.88 bits per heavy atom. The van der Waals surface area contributed by atoms with E-state index in [1.165, 1.54) is 0 Å². The molecule has 6 heteroatoms. The second-order valence-electron chi connectivity index (χ2n) is 8.55. The zero-order valence-corrected chi connectivity index (χ0v) is 15.9. The summed E-state index contributed by atoms with van der Waals surface area (Å²) in [5, 5.41) is 13.7. The number of carbonyl (C=O) groups excluding carboxylic acids is 1. The number of fused-ring (bicyclic) bond motifs is 1. The molecule has 1 aromatic carbocycles. The van der Waals surface area contributed by atoms with E-state index in [1.807, 2.05) is 19.1 Å². The van der Waals surface area contributed by atoms with Crippen LogP contribution in [0.25, 0.3) is 11.0 Å². The van der Waals surface area contributed by atoms with Crippen molar-refractivity contribution in [3.63, 3.8) is 0 Å². The number of nitrogens with zero attached hydrogens (tertiary/aromatic N) is 2. The number of aryl methyl sites for hydroxylation is 1. The molecule has 1 spiro atoms. The van der Waals surface area contributed by atoms with Crippen LogP contribution in [0.4, 0.5) is 0 Å². The number of imidazole rings is 1. The van der Waals surface area contributed by atoms with Crippen molar-refractivity contribution in [2.45, 2.75) is 51.8 Å². The van der Waals surface area contributed by atoms with Gasteiger partial charge in [0.2, 0.25) is 0 Å². The van der Waals surface area contributed by atoms with Crippen LogP contribution in [0.3, 0.4) is 0 Å². The fraction of sp³-hybridized carbons (Fsp3) is 0.600.